The average molecular weight is 264 g/mol. The first-order valence-electron chi connectivity index (χ1n) is 5.84. The molecular weight excluding hydrogens is 242 g/mol. The van der Waals surface area contributed by atoms with Crippen molar-refractivity contribution in [1.29, 1.82) is 0 Å². The summed E-state index contributed by atoms with van der Waals surface area (Å²) in [6, 6.07) is -0.152. The number of hydrogen-bond acceptors (Lipinski definition) is 3. The maximum Gasteiger partial charge on any atom is 0.224 e. The molecule has 0 radical (unpaired) electrons. The van der Waals surface area contributed by atoms with Gasteiger partial charge in [0.25, 0.3) is 0 Å². The maximum absolute atomic E-state index is 11.9. The van der Waals surface area contributed by atoms with Crippen LogP contribution in [0.1, 0.15) is 39.0 Å². The van der Waals surface area contributed by atoms with Crippen LogP contribution in [0.25, 0.3) is 0 Å². The van der Waals surface area contributed by atoms with Crippen molar-refractivity contribution in [1.82, 2.24) is 4.90 Å². The van der Waals surface area contributed by atoms with Crippen LogP contribution in [0.3, 0.4) is 0 Å². The smallest absolute Gasteiger partial charge is 0.224 e. The Bertz CT molecular complexity index is 271. The lowest BCUT2D eigenvalue weighted by Crippen LogP contribution is -2.46. The number of primary amides is 1. The van der Waals surface area contributed by atoms with Crippen molar-refractivity contribution in [3.8, 4) is 0 Å². The van der Waals surface area contributed by atoms with Gasteiger partial charge in [0.1, 0.15) is 0 Å². The van der Waals surface area contributed by atoms with Gasteiger partial charge in [-0.2, -0.15) is 0 Å². The Morgan fingerprint density at radius 3 is 2.59 bits per heavy atom. The highest BCUT2D eigenvalue weighted by atomic mass is 35.5. The molecule has 1 heterocycles. The fraction of sp³-hybridized carbons (Fsp3) is 0.818. The molecule has 6 heteroatoms. The average Bonchev–Trinajstić information content (AvgIpc) is 2.16. The lowest BCUT2D eigenvalue weighted by molar-refractivity contribution is -0.136. The van der Waals surface area contributed by atoms with Gasteiger partial charge in [0.05, 0.1) is 0 Å². The molecule has 0 aromatic carbocycles. The molecule has 0 spiro atoms. The van der Waals surface area contributed by atoms with Crippen LogP contribution in [0.5, 0.6) is 0 Å². The van der Waals surface area contributed by atoms with Gasteiger partial charge < -0.3 is 16.4 Å². The summed E-state index contributed by atoms with van der Waals surface area (Å²) in [6.45, 7) is 2.54. The van der Waals surface area contributed by atoms with E-state index in [4.69, 9.17) is 11.5 Å². The molecule has 1 aliphatic rings. The van der Waals surface area contributed by atoms with Crippen LogP contribution in [-0.2, 0) is 9.59 Å². The highest BCUT2D eigenvalue weighted by molar-refractivity contribution is 5.85. The fourth-order valence-corrected chi connectivity index (χ4v) is 2.17. The number of nitrogens with two attached hydrogens (primary N) is 2. The summed E-state index contributed by atoms with van der Waals surface area (Å²) in [5.74, 6) is -0.300. The highest BCUT2D eigenvalue weighted by Gasteiger charge is 2.27. The van der Waals surface area contributed by atoms with Gasteiger partial charge in [0.2, 0.25) is 11.8 Å². The van der Waals surface area contributed by atoms with Crippen LogP contribution < -0.4 is 11.5 Å². The monoisotopic (exact) mass is 263 g/mol. The van der Waals surface area contributed by atoms with E-state index in [1.807, 2.05) is 6.92 Å². The zero-order chi connectivity index (χ0) is 12.1. The van der Waals surface area contributed by atoms with Crippen LogP contribution >= 0.6 is 12.4 Å². The molecular formula is C11H22ClN3O2. The minimum atomic E-state index is -0.342. The topological polar surface area (TPSA) is 89.4 Å². The van der Waals surface area contributed by atoms with Crippen molar-refractivity contribution in [2.75, 3.05) is 6.54 Å². The zero-order valence-electron chi connectivity index (χ0n) is 10.2. The Morgan fingerprint density at radius 2 is 2.06 bits per heavy atom. The Hall–Kier alpha value is -0.810. The molecule has 1 fully saturated rings. The molecule has 2 unspecified atom stereocenters. The molecule has 100 valence electrons. The molecule has 0 aromatic heterocycles. The maximum atomic E-state index is 11.9. The quantitative estimate of drug-likeness (QED) is 0.769. The SMILES string of the molecule is CC(N)CC(=O)N1CCCCC1CC(N)=O.Cl. The van der Waals surface area contributed by atoms with Gasteiger partial charge in [0, 0.05) is 31.5 Å². The third-order valence-corrected chi connectivity index (χ3v) is 2.88. The third kappa shape index (κ3) is 5.37. The van der Waals surface area contributed by atoms with E-state index >= 15 is 0 Å². The molecule has 0 saturated carbocycles. The molecule has 5 nitrogen and oxygen atoms in total. The van der Waals surface area contributed by atoms with Crippen molar-refractivity contribution >= 4 is 24.2 Å². The Morgan fingerprint density at radius 1 is 1.41 bits per heavy atom. The normalized spacial score (nSPS) is 21.5. The third-order valence-electron chi connectivity index (χ3n) is 2.88. The molecule has 17 heavy (non-hydrogen) atoms. The molecule has 4 N–H and O–H groups in total. The first-order chi connectivity index (χ1) is 7.50. The van der Waals surface area contributed by atoms with Crippen molar-refractivity contribution in [3.05, 3.63) is 0 Å². The second kappa shape index (κ2) is 7.50. The van der Waals surface area contributed by atoms with Gasteiger partial charge in [-0.1, -0.05) is 0 Å². The van der Waals surface area contributed by atoms with Crippen molar-refractivity contribution in [2.45, 2.75) is 51.1 Å². The minimum Gasteiger partial charge on any atom is -0.370 e. The number of rotatable bonds is 4. The summed E-state index contributed by atoms with van der Waals surface area (Å²) in [5, 5.41) is 0. The van der Waals surface area contributed by atoms with Crippen LogP contribution in [0.15, 0.2) is 0 Å². The van der Waals surface area contributed by atoms with E-state index < -0.39 is 0 Å². The van der Waals surface area contributed by atoms with Crippen LogP contribution in [0.4, 0.5) is 0 Å². The summed E-state index contributed by atoms with van der Waals surface area (Å²) >= 11 is 0. The Balaban J connectivity index is 0.00000256. The molecule has 0 aliphatic carbocycles. The van der Waals surface area contributed by atoms with Crippen LogP contribution in [0, 0.1) is 0 Å². The standard InChI is InChI=1S/C11H21N3O2.ClH/c1-8(12)6-11(16)14-5-3-2-4-9(14)7-10(13)15;/h8-9H,2-7,12H2,1H3,(H2,13,15);1H. The lowest BCUT2D eigenvalue weighted by atomic mass is 9.98. The second-order valence-corrected chi connectivity index (χ2v) is 4.59. The molecule has 1 saturated heterocycles. The van der Waals surface area contributed by atoms with Gasteiger partial charge in [-0.05, 0) is 26.2 Å². The van der Waals surface area contributed by atoms with Gasteiger partial charge in [-0.15, -0.1) is 12.4 Å². The number of carbonyl (C=O) groups excluding carboxylic acids is 2. The first-order valence-corrected chi connectivity index (χ1v) is 5.84. The Labute approximate surface area is 108 Å². The van der Waals surface area contributed by atoms with Gasteiger partial charge >= 0.3 is 0 Å². The molecule has 1 rings (SSSR count). The van der Waals surface area contributed by atoms with Crippen molar-refractivity contribution < 1.29 is 9.59 Å². The predicted molar refractivity (Wildman–Crippen MR) is 68.7 cm³/mol. The van der Waals surface area contributed by atoms with Gasteiger partial charge in [-0.25, -0.2) is 0 Å². The second-order valence-electron chi connectivity index (χ2n) is 4.59. The van der Waals surface area contributed by atoms with Crippen LogP contribution in [0.2, 0.25) is 0 Å². The molecule has 1 aliphatic heterocycles. The van der Waals surface area contributed by atoms with E-state index in [0.717, 1.165) is 25.8 Å². The number of likely N-dealkylation sites (tertiary alicyclic amines) is 1. The van der Waals surface area contributed by atoms with Gasteiger partial charge in [0.15, 0.2) is 0 Å². The van der Waals surface area contributed by atoms with Crippen molar-refractivity contribution in [3.63, 3.8) is 0 Å². The molecule has 2 amide bonds. The summed E-state index contributed by atoms with van der Waals surface area (Å²) in [5.41, 5.74) is 10.8. The number of piperidine rings is 1. The summed E-state index contributed by atoms with van der Waals surface area (Å²) in [4.78, 5) is 24.6. The molecule has 0 aromatic rings. The summed E-state index contributed by atoms with van der Waals surface area (Å²) < 4.78 is 0. The van der Waals surface area contributed by atoms with E-state index in [-0.39, 0.29) is 42.7 Å². The van der Waals surface area contributed by atoms with E-state index in [9.17, 15) is 9.59 Å². The summed E-state index contributed by atoms with van der Waals surface area (Å²) in [6.07, 6.45) is 3.54. The number of halogens is 1. The van der Waals surface area contributed by atoms with E-state index in [0.29, 0.717) is 6.42 Å². The highest BCUT2D eigenvalue weighted by Crippen LogP contribution is 2.20. The number of amides is 2. The van der Waals surface area contributed by atoms with Crippen molar-refractivity contribution in [2.24, 2.45) is 11.5 Å². The van der Waals surface area contributed by atoms with E-state index in [2.05, 4.69) is 0 Å². The number of hydrogen-bond donors (Lipinski definition) is 2. The molecule has 0 bridgehead atoms. The van der Waals surface area contributed by atoms with Gasteiger partial charge in [-0.3, -0.25) is 9.59 Å². The zero-order valence-corrected chi connectivity index (χ0v) is 11.0. The number of carbonyl (C=O) groups is 2. The molecule has 2 atom stereocenters. The minimum absolute atomic E-state index is 0. The first kappa shape index (κ1) is 16.2. The van der Waals surface area contributed by atoms with E-state index in [1.165, 1.54) is 0 Å². The number of nitrogens with zero attached hydrogens (tertiary/aromatic N) is 1. The lowest BCUT2D eigenvalue weighted by Gasteiger charge is -2.35. The fourth-order valence-electron chi connectivity index (χ4n) is 2.17. The predicted octanol–water partition coefficient (Wildman–Crippen LogP) is 0.402. The van der Waals surface area contributed by atoms with E-state index in [1.54, 1.807) is 4.90 Å². The largest absolute Gasteiger partial charge is 0.370 e. The van der Waals surface area contributed by atoms with Crippen LogP contribution in [-0.4, -0.2) is 35.3 Å². The Kier molecular flexibility index (Phi) is 7.15. The summed E-state index contributed by atoms with van der Waals surface area (Å²) in [7, 11) is 0.